The van der Waals surface area contributed by atoms with Crippen LogP contribution in [0.3, 0.4) is 0 Å². The number of morpholine rings is 1. The molecule has 1 amide bonds. The molecular formula is C19H24N4O4S. The van der Waals surface area contributed by atoms with Crippen LogP contribution in [0.4, 0.5) is 0 Å². The molecule has 1 saturated heterocycles. The third-order valence-corrected chi connectivity index (χ3v) is 7.23. The van der Waals surface area contributed by atoms with Crippen molar-refractivity contribution in [3.8, 4) is 0 Å². The van der Waals surface area contributed by atoms with Crippen molar-refractivity contribution in [2.24, 2.45) is 7.05 Å². The fourth-order valence-electron chi connectivity index (χ4n) is 3.72. The molecule has 1 aromatic heterocycles. The van der Waals surface area contributed by atoms with Gasteiger partial charge in [0.1, 0.15) is 0 Å². The zero-order chi connectivity index (χ0) is 19.9. The summed E-state index contributed by atoms with van der Waals surface area (Å²) in [4.78, 5) is 15.0. The van der Waals surface area contributed by atoms with Crippen LogP contribution in [-0.2, 0) is 34.8 Å². The molecule has 0 radical (unpaired) electrons. The van der Waals surface area contributed by atoms with Gasteiger partial charge in [-0.25, -0.2) is 8.42 Å². The molecule has 0 bridgehead atoms. The largest absolute Gasteiger partial charge is 0.378 e. The van der Waals surface area contributed by atoms with E-state index < -0.39 is 10.0 Å². The zero-order valence-corrected chi connectivity index (χ0v) is 16.9. The molecule has 0 spiro atoms. The number of rotatable bonds is 3. The summed E-state index contributed by atoms with van der Waals surface area (Å²) in [6, 6.07) is 6.84. The number of sulfonamides is 1. The third kappa shape index (κ3) is 3.34. The SMILES string of the molecule is Cc1ccc(S(=O)(=O)N2CCc3c(c(C(=O)N4CCOCC4)nn3C)C2)cc1. The van der Waals surface area contributed by atoms with Gasteiger partial charge < -0.3 is 9.64 Å². The van der Waals surface area contributed by atoms with Gasteiger partial charge >= 0.3 is 0 Å². The van der Waals surface area contributed by atoms with Crippen molar-refractivity contribution >= 4 is 15.9 Å². The van der Waals surface area contributed by atoms with Gasteiger partial charge in [0, 0.05) is 50.9 Å². The zero-order valence-electron chi connectivity index (χ0n) is 16.1. The van der Waals surface area contributed by atoms with Crippen molar-refractivity contribution < 1.29 is 17.9 Å². The van der Waals surface area contributed by atoms with E-state index in [2.05, 4.69) is 5.10 Å². The Morgan fingerprint density at radius 3 is 2.46 bits per heavy atom. The van der Waals surface area contributed by atoms with Gasteiger partial charge in [-0.05, 0) is 19.1 Å². The Morgan fingerprint density at radius 1 is 1.11 bits per heavy atom. The number of carbonyl (C=O) groups excluding carboxylic acids is 1. The van der Waals surface area contributed by atoms with Crippen molar-refractivity contribution in [2.45, 2.75) is 24.8 Å². The van der Waals surface area contributed by atoms with E-state index in [0.717, 1.165) is 11.3 Å². The van der Waals surface area contributed by atoms with E-state index in [1.54, 1.807) is 40.9 Å². The predicted molar refractivity (Wildman–Crippen MR) is 102 cm³/mol. The van der Waals surface area contributed by atoms with Gasteiger partial charge in [0.05, 0.1) is 18.1 Å². The number of benzene rings is 1. The maximum Gasteiger partial charge on any atom is 0.274 e. The highest BCUT2D eigenvalue weighted by atomic mass is 32.2. The van der Waals surface area contributed by atoms with E-state index in [0.29, 0.717) is 50.5 Å². The first-order valence-electron chi connectivity index (χ1n) is 9.36. The van der Waals surface area contributed by atoms with Crippen LogP contribution in [0, 0.1) is 6.92 Å². The number of ether oxygens (including phenoxy) is 1. The fourth-order valence-corrected chi connectivity index (χ4v) is 5.13. The van der Waals surface area contributed by atoms with Crippen LogP contribution < -0.4 is 0 Å². The van der Waals surface area contributed by atoms with Crippen LogP contribution in [0.2, 0.25) is 0 Å². The minimum absolute atomic E-state index is 0.158. The van der Waals surface area contributed by atoms with Gasteiger partial charge in [-0.1, -0.05) is 17.7 Å². The van der Waals surface area contributed by atoms with Crippen LogP contribution in [0.15, 0.2) is 29.2 Å². The van der Waals surface area contributed by atoms with E-state index >= 15 is 0 Å². The Bertz CT molecular complexity index is 992. The van der Waals surface area contributed by atoms with Crippen molar-refractivity contribution in [1.82, 2.24) is 19.0 Å². The smallest absolute Gasteiger partial charge is 0.274 e. The lowest BCUT2D eigenvalue weighted by molar-refractivity contribution is 0.0297. The summed E-state index contributed by atoms with van der Waals surface area (Å²) in [5.41, 5.74) is 2.99. The molecule has 0 unspecified atom stereocenters. The van der Waals surface area contributed by atoms with Crippen molar-refractivity contribution in [3.05, 3.63) is 46.8 Å². The molecule has 0 atom stereocenters. The summed E-state index contributed by atoms with van der Waals surface area (Å²) in [7, 11) is -1.82. The average Bonchev–Trinajstić information content (AvgIpc) is 3.04. The van der Waals surface area contributed by atoms with Crippen LogP contribution >= 0.6 is 0 Å². The number of nitrogens with zero attached hydrogens (tertiary/aromatic N) is 4. The maximum atomic E-state index is 13.1. The second-order valence-electron chi connectivity index (χ2n) is 7.20. The number of amides is 1. The van der Waals surface area contributed by atoms with Gasteiger partial charge in [-0.15, -0.1) is 0 Å². The van der Waals surface area contributed by atoms with E-state index in [9.17, 15) is 13.2 Å². The molecule has 0 N–H and O–H groups in total. The van der Waals surface area contributed by atoms with E-state index in [1.165, 1.54) is 4.31 Å². The van der Waals surface area contributed by atoms with E-state index in [-0.39, 0.29) is 17.3 Å². The lowest BCUT2D eigenvalue weighted by atomic mass is 10.1. The Hall–Kier alpha value is -2.23. The molecule has 2 aliphatic rings. The van der Waals surface area contributed by atoms with Crippen LogP contribution in [0.1, 0.15) is 27.3 Å². The molecular weight excluding hydrogens is 380 g/mol. The molecule has 9 heteroatoms. The summed E-state index contributed by atoms with van der Waals surface area (Å²) in [6.45, 7) is 4.51. The molecule has 4 rings (SSSR count). The summed E-state index contributed by atoms with van der Waals surface area (Å²) in [5.74, 6) is -0.158. The molecule has 1 aromatic carbocycles. The van der Waals surface area contributed by atoms with Crippen molar-refractivity contribution in [1.29, 1.82) is 0 Å². The molecule has 28 heavy (non-hydrogen) atoms. The first-order chi connectivity index (χ1) is 13.4. The quantitative estimate of drug-likeness (QED) is 0.760. The van der Waals surface area contributed by atoms with Gasteiger partial charge in [-0.3, -0.25) is 9.48 Å². The lowest BCUT2D eigenvalue weighted by Gasteiger charge is -2.29. The minimum atomic E-state index is -3.63. The fraction of sp³-hybridized carbons (Fsp3) is 0.474. The molecule has 150 valence electrons. The topological polar surface area (TPSA) is 84.7 Å². The molecule has 3 heterocycles. The number of fused-ring (bicyclic) bond motifs is 1. The monoisotopic (exact) mass is 404 g/mol. The molecule has 0 saturated carbocycles. The Balaban J connectivity index is 1.64. The first kappa shape index (κ1) is 19.1. The summed E-state index contributed by atoms with van der Waals surface area (Å²) >= 11 is 0. The third-order valence-electron chi connectivity index (χ3n) is 5.37. The van der Waals surface area contributed by atoms with E-state index in [1.807, 2.05) is 6.92 Å². The summed E-state index contributed by atoms with van der Waals surface area (Å²) in [5, 5.41) is 4.43. The number of aryl methyl sites for hydroxylation is 2. The van der Waals surface area contributed by atoms with Crippen LogP contribution in [-0.4, -0.2) is 66.2 Å². The van der Waals surface area contributed by atoms with Crippen LogP contribution in [0.5, 0.6) is 0 Å². The summed E-state index contributed by atoms with van der Waals surface area (Å²) in [6.07, 6.45) is 0.528. The second kappa shape index (κ2) is 7.31. The summed E-state index contributed by atoms with van der Waals surface area (Å²) < 4.78 is 34.6. The molecule has 0 aliphatic carbocycles. The number of hydrogen-bond donors (Lipinski definition) is 0. The molecule has 2 aliphatic heterocycles. The lowest BCUT2D eigenvalue weighted by Crippen LogP contribution is -2.42. The average molecular weight is 404 g/mol. The van der Waals surface area contributed by atoms with Gasteiger partial charge in [0.25, 0.3) is 5.91 Å². The normalized spacial score (nSPS) is 18.1. The van der Waals surface area contributed by atoms with Crippen molar-refractivity contribution in [3.63, 3.8) is 0 Å². The van der Waals surface area contributed by atoms with Crippen molar-refractivity contribution in [2.75, 3.05) is 32.8 Å². The predicted octanol–water partition coefficient (Wildman–Crippen LogP) is 0.948. The highest BCUT2D eigenvalue weighted by Gasteiger charge is 2.34. The highest BCUT2D eigenvalue weighted by Crippen LogP contribution is 2.28. The maximum absolute atomic E-state index is 13.1. The van der Waals surface area contributed by atoms with Gasteiger partial charge in [0.15, 0.2) is 5.69 Å². The van der Waals surface area contributed by atoms with Gasteiger partial charge in [-0.2, -0.15) is 9.40 Å². The van der Waals surface area contributed by atoms with E-state index in [4.69, 9.17) is 4.74 Å². The Morgan fingerprint density at radius 2 is 1.79 bits per heavy atom. The molecule has 8 nitrogen and oxygen atoms in total. The Kier molecular flexibility index (Phi) is 4.98. The number of hydrogen-bond acceptors (Lipinski definition) is 5. The standard InChI is InChI=1S/C19H24N4O4S/c1-14-3-5-15(6-4-14)28(25,26)23-8-7-17-16(13-23)18(20-21(17)2)19(24)22-9-11-27-12-10-22/h3-6H,7-13H2,1-2H3. The number of aromatic nitrogens is 2. The highest BCUT2D eigenvalue weighted by molar-refractivity contribution is 7.89. The molecule has 2 aromatic rings. The van der Waals surface area contributed by atoms with Gasteiger partial charge in [0.2, 0.25) is 10.0 Å². The molecule has 1 fully saturated rings. The number of carbonyl (C=O) groups is 1. The van der Waals surface area contributed by atoms with Crippen LogP contribution in [0.25, 0.3) is 0 Å². The second-order valence-corrected chi connectivity index (χ2v) is 9.14. The first-order valence-corrected chi connectivity index (χ1v) is 10.8. The minimum Gasteiger partial charge on any atom is -0.378 e. The Labute approximate surface area is 164 Å².